The molecule has 94 valence electrons. The van der Waals surface area contributed by atoms with Crippen LogP contribution in [-0.4, -0.2) is 32.6 Å². The van der Waals surface area contributed by atoms with E-state index >= 15 is 0 Å². The maximum atomic E-state index is 11.6. The van der Waals surface area contributed by atoms with Crippen LogP contribution in [0.3, 0.4) is 0 Å². The fourth-order valence-electron chi connectivity index (χ4n) is 1.45. The Morgan fingerprint density at radius 3 is 2.94 bits per heavy atom. The molecule has 0 saturated carbocycles. The molecule has 0 aliphatic heterocycles. The third-order valence-electron chi connectivity index (χ3n) is 2.34. The van der Waals surface area contributed by atoms with Crippen LogP contribution in [0.1, 0.15) is 22.7 Å². The Labute approximate surface area is 103 Å². The molecule has 0 unspecified atom stereocenters. The molecular weight excluding hydrogens is 234 g/mol. The molecule has 0 aromatic carbocycles. The summed E-state index contributed by atoms with van der Waals surface area (Å²) in [6.45, 7) is 0.528. The molecule has 7 nitrogen and oxygen atoms in total. The smallest absolute Gasteiger partial charge is 0.271 e. The van der Waals surface area contributed by atoms with Gasteiger partial charge in [0.25, 0.3) is 11.5 Å². The minimum Gasteiger partial charge on any atom is -0.351 e. The number of carbonyl (C=O) groups is 1. The van der Waals surface area contributed by atoms with Gasteiger partial charge in [-0.2, -0.15) is 5.10 Å². The van der Waals surface area contributed by atoms with Crippen molar-refractivity contribution in [2.45, 2.75) is 12.8 Å². The van der Waals surface area contributed by atoms with Gasteiger partial charge in [0.2, 0.25) is 0 Å². The maximum Gasteiger partial charge on any atom is 0.271 e. The quantitative estimate of drug-likeness (QED) is 0.639. The van der Waals surface area contributed by atoms with Gasteiger partial charge in [-0.3, -0.25) is 9.59 Å². The monoisotopic (exact) mass is 247 g/mol. The molecule has 0 aliphatic carbocycles. The van der Waals surface area contributed by atoms with E-state index in [1.54, 1.807) is 12.4 Å². The molecule has 0 saturated heterocycles. The highest BCUT2D eigenvalue weighted by atomic mass is 16.2. The summed E-state index contributed by atoms with van der Waals surface area (Å²) in [6.07, 6.45) is 5.01. The van der Waals surface area contributed by atoms with E-state index < -0.39 is 0 Å². The van der Waals surface area contributed by atoms with Crippen LogP contribution in [0.15, 0.2) is 29.3 Å². The molecule has 0 aliphatic rings. The van der Waals surface area contributed by atoms with Crippen molar-refractivity contribution in [1.29, 1.82) is 0 Å². The van der Waals surface area contributed by atoms with Gasteiger partial charge >= 0.3 is 0 Å². The number of H-pyrrole nitrogens is 2. The number of hydrogen-bond donors (Lipinski definition) is 3. The second-order valence-corrected chi connectivity index (χ2v) is 3.70. The van der Waals surface area contributed by atoms with Crippen molar-refractivity contribution in [2.24, 2.45) is 0 Å². The first kappa shape index (κ1) is 12.0. The highest BCUT2D eigenvalue weighted by Gasteiger charge is 2.06. The number of aryl methyl sites for hydroxylation is 1. The van der Waals surface area contributed by atoms with Crippen LogP contribution in [0, 0.1) is 0 Å². The Kier molecular flexibility index (Phi) is 3.85. The second-order valence-electron chi connectivity index (χ2n) is 3.70. The first-order valence-corrected chi connectivity index (χ1v) is 5.58. The van der Waals surface area contributed by atoms with Crippen LogP contribution in [0.25, 0.3) is 0 Å². The fourth-order valence-corrected chi connectivity index (χ4v) is 1.45. The average Bonchev–Trinajstić information content (AvgIpc) is 2.88. The number of imidazole rings is 1. The first-order valence-electron chi connectivity index (χ1n) is 5.58. The van der Waals surface area contributed by atoms with E-state index in [1.165, 1.54) is 12.1 Å². The van der Waals surface area contributed by atoms with Gasteiger partial charge in [0.05, 0.1) is 0 Å². The lowest BCUT2D eigenvalue weighted by atomic mass is 10.3. The number of rotatable bonds is 5. The van der Waals surface area contributed by atoms with Gasteiger partial charge in [-0.25, -0.2) is 10.1 Å². The maximum absolute atomic E-state index is 11.6. The van der Waals surface area contributed by atoms with Crippen LogP contribution in [0.5, 0.6) is 0 Å². The molecule has 0 spiro atoms. The highest BCUT2D eigenvalue weighted by Crippen LogP contribution is 1.94. The molecule has 0 atom stereocenters. The van der Waals surface area contributed by atoms with E-state index in [0.717, 1.165) is 18.7 Å². The van der Waals surface area contributed by atoms with Crippen molar-refractivity contribution < 1.29 is 4.79 Å². The van der Waals surface area contributed by atoms with E-state index in [-0.39, 0.29) is 17.2 Å². The van der Waals surface area contributed by atoms with Crippen molar-refractivity contribution in [3.63, 3.8) is 0 Å². The Hall–Kier alpha value is -2.44. The number of carbonyl (C=O) groups excluding carboxylic acids is 1. The summed E-state index contributed by atoms with van der Waals surface area (Å²) in [7, 11) is 0. The van der Waals surface area contributed by atoms with E-state index in [2.05, 4.69) is 25.5 Å². The lowest BCUT2D eigenvalue weighted by Crippen LogP contribution is -2.27. The number of aromatic amines is 2. The topological polar surface area (TPSA) is 104 Å². The third kappa shape index (κ3) is 3.27. The Morgan fingerprint density at radius 2 is 2.28 bits per heavy atom. The van der Waals surface area contributed by atoms with Crippen LogP contribution in [0.2, 0.25) is 0 Å². The minimum atomic E-state index is -0.329. The van der Waals surface area contributed by atoms with Crippen molar-refractivity contribution >= 4 is 5.91 Å². The van der Waals surface area contributed by atoms with Crippen molar-refractivity contribution in [1.82, 2.24) is 25.5 Å². The molecule has 18 heavy (non-hydrogen) atoms. The number of aromatic nitrogens is 4. The van der Waals surface area contributed by atoms with Gasteiger partial charge in [-0.05, 0) is 12.5 Å². The molecule has 7 heteroatoms. The molecule has 2 aromatic rings. The van der Waals surface area contributed by atoms with Gasteiger partial charge in [0, 0.05) is 31.4 Å². The summed E-state index contributed by atoms with van der Waals surface area (Å²) in [5, 5.41) is 8.57. The zero-order valence-electron chi connectivity index (χ0n) is 9.64. The van der Waals surface area contributed by atoms with E-state index in [4.69, 9.17) is 0 Å². The van der Waals surface area contributed by atoms with Gasteiger partial charge in [0.1, 0.15) is 11.5 Å². The van der Waals surface area contributed by atoms with Gasteiger partial charge < -0.3 is 10.3 Å². The molecule has 2 rings (SSSR count). The van der Waals surface area contributed by atoms with Gasteiger partial charge in [-0.1, -0.05) is 0 Å². The summed E-state index contributed by atoms with van der Waals surface area (Å²) in [4.78, 5) is 29.4. The fraction of sp³-hybridized carbons (Fsp3) is 0.273. The molecule has 0 bridgehead atoms. The molecule has 2 aromatic heterocycles. The molecule has 0 fully saturated rings. The number of hydrogen-bond acceptors (Lipinski definition) is 4. The van der Waals surface area contributed by atoms with Crippen molar-refractivity contribution in [2.75, 3.05) is 6.54 Å². The van der Waals surface area contributed by atoms with Crippen LogP contribution < -0.4 is 10.9 Å². The zero-order valence-corrected chi connectivity index (χ0v) is 9.64. The first-order chi connectivity index (χ1) is 8.75. The minimum absolute atomic E-state index is 0.201. The number of amides is 1. The molecule has 3 N–H and O–H groups in total. The van der Waals surface area contributed by atoms with E-state index in [1.807, 2.05) is 0 Å². The van der Waals surface area contributed by atoms with E-state index in [9.17, 15) is 9.59 Å². The Bertz CT molecular complexity index is 541. The Balaban J connectivity index is 1.75. The molecular formula is C11H13N5O2. The largest absolute Gasteiger partial charge is 0.351 e. The predicted octanol–water partition coefficient (Wildman–Crippen LogP) is -0.144. The van der Waals surface area contributed by atoms with Crippen LogP contribution in [-0.2, 0) is 6.42 Å². The Morgan fingerprint density at radius 1 is 1.39 bits per heavy atom. The van der Waals surface area contributed by atoms with Crippen LogP contribution in [0.4, 0.5) is 0 Å². The number of nitrogens with one attached hydrogen (secondary N) is 3. The summed E-state index contributed by atoms with van der Waals surface area (Å²) >= 11 is 0. The van der Waals surface area contributed by atoms with E-state index in [0.29, 0.717) is 6.54 Å². The summed E-state index contributed by atoms with van der Waals surface area (Å²) < 4.78 is 0. The normalized spacial score (nSPS) is 10.2. The lowest BCUT2D eigenvalue weighted by Gasteiger charge is -2.03. The van der Waals surface area contributed by atoms with Crippen molar-refractivity contribution in [3.8, 4) is 0 Å². The van der Waals surface area contributed by atoms with Gasteiger partial charge in [-0.15, -0.1) is 0 Å². The SMILES string of the molecule is O=C(NCCCc1ncc[nH]1)c1ccc(=O)[nH]n1. The van der Waals surface area contributed by atoms with Crippen molar-refractivity contribution in [3.05, 3.63) is 46.4 Å². The average molecular weight is 247 g/mol. The summed E-state index contributed by atoms with van der Waals surface area (Å²) in [5.41, 5.74) is -0.128. The lowest BCUT2D eigenvalue weighted by molar-refractivity contribution is 0.0947. The highest BCUT2D eigenvalue weighted by molar-refractivity contribution is 5.91. The summed E-state index contributed by atoms with van der Waals surface area (Å²) in [6, 6.07) is 2.66. The van der Waals surface area contributed by atoms with Gasteiger partial charge in [0.15, 0.2) is 0 Å². The second kappa shape index (κ2) is 5.76. The third-order valence-corrected chi connectivity index (χ3v) is 2.34. The zero-order chi connectivity index (χ0) is 12.8. The predicted molar refractivity (Wildman–Crippen MR) is 64.1 cm³/mol. The summed E-state index contributed by atoms with van der Waals surface area (Å²) in [5.74, 6) is 0.595. The molecule has 2 heterocycles. The molecule has 0 radical (unpaired) electrons. The number of nitrogens with zero attached hydrogens (tertiary/aromatic N) is 2. The molecule has 1 amide bonds. The van der Waals surface area contributed by atoms with Crippen LogP contribution >= 0.6 is 0 Å². The standard InChI is InChI=1S/C11H13N5O2/c17-10-4-3-8(15-16-10)11(18)14-5-1-2-9-12-6-7-13-9/h3-4,6-7H,1-2,5H2,(H,12,13)(H,14,18)(H,16,17).